The summed E-state index contributed by atoms with van der Waals surface area (Å²) in [6.07, 6.45) is 0. The number of aromatic nitrogens is 1. The van der Waals surface area contributed by atoms with Gasteiger partial charge >= 0.3 is 6.03 Å². The van der Waals surface area contributed by atoms with Gasteiger partial charge in [0.05, 0.1) is 36.7 Å². The summed E-state index contributed by atoms with van der Waals surface area (Å²) in [5.74, 6) is -0.158. The molecule has 3 aromatic rings. The Morgan fingerprint density at radius 2 is 1.97 bits per heavy atom. The first-order valence-corrected chi connectivity index (χ1v) is 11.0. The summed E-state index contributed by atoms with van der Waals surface area (Å²) in [4.78, 5) is 19.7. The first-order chi connectivity index (χ1) is 16.0. The number of rotatable bonds is 7. The minimum absolute atomic E-state index is 0.0489. The van der Waals surface area contributed by atoms with Crippen LogP contribution >= 0.6 is 0 Å². The van der Waals surface area contributed by atoms with Gasteiger partial charge in [-0.3, -0.25) is 9.88 Å². The van der Waals surface area contributed by atoms with Gasteiger partial charge in [-0.15, -0.1) is 0 Å². The minimum Gasteiger partial charge on any atom is -0.494 e. The van der Waals surface area contributed by atoms with Crippen molar-refractivity contribution in [2.75, 3.05) is 45.8 Å². The van der Waals surface area contributed by atoms with E-state index in [1.54, 1.807) is 26.2 Å². The smallest absolute Gasteiger partial charge is 0.319 e. The molecule has 0 saturated carbocycles. The van der Waals surface area contributed by atoms with E-state index >= 15 is 0 Å². The van der Waals surface area contributed by atoms with Gasteiger partial charge in [0, 0.05) is 44.1 Å². The average molecular weight is 453 g/mol. The van der Waals surface area contributed by atoms with Gasteiger partial charge in [-0.1, -0.05) is 30.3 Å². The van der Waals surface area contributed by atoms with Crippen LogP contribution in [0, 0.1) is 12.7 Å². The summed E-state index contributed by atoms with van der Waals surface area (Å²) in [5, 5.41) is 6.75. The summed E-state index contributed by atoms with van der Waals surface area (Å²) in [6, 6.07) is 14.6. The van der Waals surface area contributed by atoms with Gasteiger partial charge in [0.1, 0.15) is 0 Å². The third-order valence-corrected chi connectivity index (χ3v) is 6.08. The predicted molar refractivity (Wildman–Crippen MR) is 126 cm³/mol. The minimum atomic E-state index is -0.471. The third kappa shape index (κ3) is 5.23. The van der Waals surface area contributed by atoms with Crippen molar-refractivity contribution in [2.24, 2.45) is 0 Å². The molecule has 0 radical (unpaired) electrons. The van der Waals surface area contributed by atoms with E-state index in [-0.39, 0.29) is 23.7 Å². The maximum absolute atomic E-state index is 14.0. The molecule has 0 unspecified atom stereocenters. The van der Waals surface area contributed by atoms with Crippen molar-refractivity contribution in [3.63, 3.8) is 0 Å². The quantitative estimate of drug-likeness (QED) is 0.568. The molecule has 2 heterocycles. The van der Waals surface area contributed by atoms with Crippen LogP contribution in [0.25, 0.3) is 10.9 Å². The molecule has 0 spiro atoms. The maximum Gasteiger partial charge on any atom is 0.319 e. The number of anilines is 1. The highest BCUT2D eigenvalue weighted by Gasteiger charge is 2.34. The molecule has 33 heavy (non-hydrogen) atoms. The lowest BCUT2D eigenvalue weighted by Gasteiger charge is -2.21. The summed E-state index contributed by atoms with van der Waals surface area (Å²) in [6.45, 7) is 4.83. The van der Waals surface area contributed by atoms with Crippen molar-refractivity contribution < 1.29 is 18.7 Å². The fraction of sp³-hybridized carbons (Fsp3) is 0.360. The molecule has 174 valence electrons. The number of aryl methyl sites for hydroxylation is 1. The fourth-order valence-corrected chi connectivity index (χ4v) is 4.35. The van der Waals surface area contributed by atoms with Crippen molar-refractivity contribution in [1.82, 2.24) is 15.2 Å². The van der Waals surface area contributed by atoms with Gasteiger partial charge in [0.15, 0.2) is 11.6 Å². The number of likely N-dealkylation sites (tertiary alicyclic amines) is 1. The fourth-order valence-electron chi connectivity index (χ4n) is 4.35. The second-order valence-electron chi connectivity index (χ2n) is 8.28. The Bertz CT molecular complexity index is 1130. The van der Waals surface area contributed by atoms with Crippen molar-refractivity contribution in [3.8, 4) is 5.75 Å². The zero-order valence-corrected chi connectivity index (χ0v) is 19.1. The van der Waals surface area contributed by atoms with E-state index in [1.807, 2.05) is 18.2 Å². The SMILES string of the molecule is COCCN1C[C@@H](NC(=O)Nc2cc3cc(OC)c(F)cc3nc2C)[C@H](c2ccccc2)C1. The number of fused-ring (bicyclic) bond motifs is 1. The van der Waals surface area contributed by atoms with Crippen molar-refractivity contribution in [1.29, 1.82) is 0 Å². The lowest BCUT2D eigenvalue weighted by molar-refractivity contribution is 0.159. The van der Waals surface area contributed by atoms with Crippen LogP contribution in [0.3, 0.4) is 0 Å². The predicted octanol–water partition coefficient (Wildman–Crippen LogP) is 3.93. The van der Waals surface area contributed by atoms with Crippen molar-refractivity contribution >= 4 is 22.6 Å². The zero-order valence-electron chi connectivity index (χ0n) is 19.1. The number of hydrogen-bond acceptors (Lipinski definition) is 5. The Labute approximate surface area is 192 Å². The molecule has 1 fully saturated rings. The number of amides is 2. The Kier molecular flexibility index (Phi) is 7.05. The monoisotopic (exact) mass is 452 g/mol. The molecule has 4 rings (SSSR count). The average Bonchev–Trinajstić information content (AvgIpc) is 3.21. The lowest BCUT2D eigenvalue weighted by Crippen LogP contribution is -2.42. The van der Waals surface area contributed by atoms with E-state index in [0.29, 0.717) is 28.9 Å². The standard InChI is InChI=1S/C25H29FN4O3/c1-16-21(11-18-12-24(33-3)20(26)13-22(18)27-16)28-25(31)29-23-15-30(9-10-32-2)14-19(23)17-7-5-4-6-8-17/h4-8,11-13,19,23H,9-10,14-15H2,1-3H3,(H2,28,29,31)/t19-,23+/m0/s1. The Morgan fingerprint density at radius 3 is 2.70 bits per heavy atom. The van der Waals surface area contributed by atoms with Gasteiger partial charge in [0.25, 0.3) is 0 Å². The van der Waals surface area contributed by atoms with Crippen LogP contribution in [-0.2, 0) is 4.74 Å². The maximum atomic E-state index is 14.0. The molecule has 7 nitrogen and oxygen atoms in total. The van der Waals surface area contributed by atoms with Crippen LogP contribution < -0.4 is 15.4 Å². The van der Waals surface area contributed by atoms with Crippen molar-refractivity contribution in [3.05, 3.63) is 65.6 Å². The van der Waals surface area contributed by atoms with Gasteiger partial charge in [0.2, 0.25) is 0 Å². The van der Waals surface area contributed by atoms with Gasteiger partial charge in [-0.25, -0.2) is 9.18 Å². The second-order valence-corrected chi connectivity index (χ2v) is 8.28. The normalized spacial score (nSPS) is 18.4. The molecule has 2 N–H and O–H groups in total. The first kappa shape index (κ1) is 22.9. The molecule has 1 aromatic heterocycles. The number of carbonyl (C=O) groups is 1. The number of nitrogens with one attached hydrogen (secondary N) is 2. The number of ether oxygens (including phenoxy) is 2. The highest BCUT2D eigenvalue weighted by atomic mass is 19.1. The summed E-state index contributed by atoms with van der Waals surface area (Å²) in [5.41, 5.74) is 2.87. The molecule has 1 saturated heterocycles. The number of hydrogen-bond donors (Lipinski definition) is 2. The van der Waals surface area contributed by atoms with Crippen LogP contribution in [0.1, 0.15) is 17.2 Å². The Morgan fingerprint density at radius 1 is 1.18 bits per heavy atom. The Balaban J connectivity index is 1.51. The summed E-state index contributed by atoms with van der Waals surface area (Å²) >= 11 is 0. The number of halogens is 1. The summed E-state index contributed by atoms with van der Waals surface area (Å²) < 4.78 is 24.3. The molecule has 2 amide bonds. The van der Waals surface area contributed by atoms with Crippen LogP contribution in [0.5, 0.6) is 5.75 Å². The Hall–Kier alpha value is -3.23. The van der Waals surface area contributed by atoms with Gasteiger partial charge in [-0.05, 0) is 24.6 Å². The third-order valence-electron chi connectivity index (χ3n) is 6.08. The molecule has 0 aliphatic carbocycles. The van der Waals surface area contributed by atoms with Crippen LogP contribution in [0.4, 0.5) is 14.9 Å². The second kappa shape index (κ2) is 10.1. The van der Waals surface area contributed by atoms with E-state index in [0.717, 1.165) is 19.6 Å². The zero-order chi connectivity index (χ0) is 23.4. The van der Waals surface area contributed by atoms with E-state index < -0.39 is 5.82 Å². The molecule has 2 atom stereocenters. The summed E-state index contributed by atoms with van der Waals surface area (Å²) in [7, 11) is 3.11. The molecule has 2 aromatic carbocycles. The number of nitrogens with zero attached hydrogens (tertiary/aromatic N) is 2. The van der Waals surface area contributed by atoms with E-state index in [1.165, 1.54) is 18.7 Å². The molecule has 1 aliphatic heterocycles. The highest BCUT2D eigenvalue weighted by molar-refractivity contribution is 5.93. The van der Waals surface area contributed by atoms with Crippen LogP contribution in [-0.4, -0.2) is 62.4 Å². The van der Waals surface area contributed by atoms with E-state index in [4.69, 9.17) is 9.47 Å². The number of methoxy groups -OCH3 is 2. The lowest BCUT2D eigenvalue weighted by atomic mass is 9.94. The van der Waals surface area contributed by atoms with Gasteiger partial charge < -0.3 is 20.1 Å². The van der Waals surface area contributed by atoms with Crippen molar-refractivity contribution in [2.45, 2.75) is 18.9 Å². The number of benzene rings is 2. The number of urea groups is 1. The van der Waals surface area contributed by atoms with E-state index in [2.05, 4.69) is 32.7 Å². The van der Waals surface area contributed by atoms with Gasteiger partial charge in [-0.2, -0.15) is 0 Å². The molecular weight excluding hydrogens is 423 g/mol. The largest absolute Gasteiger partial charge is 0.494 e. The molecular formula is C25H29FN4O3. The van der Waals surface area contributed by atoms with Crippen LogP contribution in [0.15, 0.2) is 48.5 Å². The number of pyridine rings is 1. The molecule has 8 heteroatoms. The molecule has 1 aliphatic rings. The van der Waals surface area contributed by atoms with E-state index in [9.17, 15) is 9.18 Å². The molecule has 0 bridgehead atoms. The first-order valence-electron chi connectivity index (χ1n) is 11.0. The van der Waals surface area contributed by atoms with Crippen LogP contribution in [0.2, 0.25) is 0 Å². The number of carbonyl (C=O) groups excluding carboxylic acids is 1. The topological polar surface area (TPSA) is 75.7 Å². The highest BCUT2D eigenvalue weighted by Crippen LogP contribution is 2.29.